The van der Waals surface area contributed by atoms with Crippen molar-refractivity contribution >= 4 is 43.2 Å². The van der Waals surface area contributed by atoms with Crippen LogP contribution in [-0.2, 0) is 0 Å². The number of benzene rings is 9. The van der Waals surface area contributed by atoms with Gasteiger partial charge in [0.25, 0.3) is 0 Å². The molecule has 0 N–H and O–H groups in total. The van der Waals surface area contributed by atoms with Gasteiger partial charge in [-0.25, -0.2) is 24.3 Å². The number of hydrogen-bond acceptors (Lipinski definition) is 4. The molecule has 0 saturated heterocycles. The lowest BCUT2D eigenvalue weighted by atomic mass is 9.87. The molecule has 4 nitrogen and oxygen atoms in total. The Morgan fingerprint density at radius 1 is 0.288 bits per heavy atom. The first kappa shape index (κ1) is 34.4. The summed E-state index contributed by atoms with van der Waals surface area (Å²) in [6, 6.07) is 67.5. The summed E-state index contributed by atoms with van der Waals surface area (Å²) in [5, 5.41) is 7.85. The van der Waals surface area contributed by atoms with Gasteiger partial charge in [-0.15, -0.1) is 0 Å². The minimum absolute atomic E-state index is 0.272. The maximum absolute atomic E-state index is 14.2. The van der Waals surface area contributed by atoms with E-state index in [1.54, 1.807) is 0 Å². The van der Waals surface area contributed by atoms with E-state index in [0.717, 1.165) is 93.4 Å². The van der Waals surface area contributed by atoms with E-state index >= 15 is 0 Å². The lowest BCUT2D eigenvalue weighted by Crippen LogP contribution is -2.00. The van der Waals surface area contributed by atoms with E-state index in [1.165, 1.54) is 12.1 Å². The average molecular weight is 757 g/mol. The number of nitrogens with zero attached hydrogens (tertiary/aromatic N) is 4. The maximum atomic E-state index is 14.2. The van der Waals surface area contributed by atoms with Gasteiger partial charge in [-0.3, -0.25) is 0 Å². The van der Waals surface area contributed by atoms with Gasteiger partial charge in [0.05, 0.1) is 11.2 Å². The fraction of sp³-hybridized carbons (Fsp3) is 0. The van der Waals surface area contributed by atoms with Crippen LogP contribution in [0.5, 0.6) is 0 Å². The summed E-state index contributed by atoms with van der Waals surface area (Å²) in [7, 11) is 0. The van der Waals surface area contributed by atoms with Crippen LogP contribution in [0.15, 0.2) is 200 Å². The molecule has 11 rings (SSSR count). The minimum atomic E-state index is -0.272. The molecule has 0 saturated carbocycles. The third-order valence-corrected chi connectivity index (χ3v) is 11.2. The topological polar surface area (TPSA) is 51.6 Å². The van der Waals surface area contributed by atoms with Crippen molar-refractivity contribution < 1.29 is 4.39 Å². The van der Waals surface area contributed by atoms with Crippen molar-refractivity contribution in [2.75, 3.05) is 0 Å². The van der Waals surface area contributed by atoms with Crippen molar-refractivity contribution in [1.82, 2.24) is 19.9 Å². The van der Waals surface area contributed by atoms with Crippen LogP contribution in [0, 0.1) is 5.82 Å². The molecule has 11 aromatic rings. The van der Waals surface area contributed by atoms with Crippen molar-refractivity contribution in [1.29, 1.82) is 0 Å². The second kappa shape index (κ2) is 14.2. The highest BCUT2D eigenvalue weighted by Gasteiger charge is 2.19. The molecule has 0 radical (unpaired) electrons. The van der Waals surface area contributed by atoms with Crippen molar-refractivity contribution in [2.24, 2.45) is 0 Å². The molecule has 0 unspecified atom stereocenters. The molecule has 0 aliphatic carbocycles. The fourth-order valence-corrected chi connectivity index (χ4v) is 8.39. The van der Waals surface area contributed by atoms with E-state index in [4.69, 9.17) is 19.9 Å². The Bertz CT molecular complexity index is 3310. The molecular weight excluding hydrogens is 724 g/mol. The van der Waals surface area contributed by atoms with Gasteiger partial charge in [-0.05, 0) is 80.2 Å². The predicted octanol–water partition coefficient (Wildman–Crippen LogP) is 14.0. The normalized spacial score (nSPS) is 11.5. The van der Waals surface area contributed by atoms with Crippen LogP contribution in [0.4, 0.5) is 4.39 Å². The Hall–Kier alpha value is -7.89. The van der Waals surface area contributed by atoms with Gasteiger partial charge < -0.3 is 0 Å². The molecular formula is C54H33FN4. The molecule has 2 heterocycles. The Balaban J connectivity index is 1.06. The number of halogens is 1. The molecule has 0 amide bonds. The average Bonchev–Trinajstić information content (AvgIpc) is 3.31. The summed E-state index contributed by atoms with van der Waals surface area (Å²) in [6.07, 6.45) is 0. The summed E-state index contributed by atoms with van der Waals surface area (Å²) in [4.78, 5) is 20.0. The van der Waals surface area contributed by atoms with Crippen molar-refractivity contribution in [3.8, 4) is 67.7 Å². The van der Waals surface area contributed by atoms with Crippen molar-refractivity contribution in [2.45, 2.75) is 0 Å². The summed E-state index contributed by atoms with van der Waals surface area (Å²) < 4.78 is 14.2. The molecule has 0 atom stereocenters. The highest BCUT2D eigenvalue weighted by Crippen LogP contribution is 2.44. The number of para-hydroxylation sites is 1. The zero-order valence-corrected chi connectivity index (χ0v) is 31.7. The molecule has 276 valence electrons. The maximum Gasteiger partial charge on any atom is 0.164 e. The van der Waals surface area contributed by atoms with Crippen LogP contribution in [0.25, 0.3) is 111 Å². The van der Waals surface area contributed by atoms with Gasteiger partial charge in [0.15, 0.2) is 17.5 Å². The van der Waals surface area contributed by atoms with Gasteiger partial charge in [0.2, 0.25) is 0 Å². The van der Waals surface area contributed by atoms with Crippen LogP contribution in [-0.4, -0.2) is 19.9 Å². The summed E-state index contributed by atoms with van der Waals surface area (Å²) in [6.45, 7) is 0. The van der Waals surface area contributed by atoms with Crippen molar-refractivity contribution in [3.63, 3.8) is 0 Å². The molecule has 2 aromatic heterocycles. The number of pyridine rings is 1. The Labute approximate surface area is 340 Å². The van der Waals surface area contributed by atoms with Crippen LogP contribution in [0.2, 0.25) is 0 Å². The van der Waals surface area contributed by atoms with Crippen LogP contribution < -0.4 is 0 Å². The number of hydrogen-bond donors (Lipinski definition) is 0. The largest absolute Gasteiger partial charge is 0.247 e. The summed E-state index contributed by atoms with van der Waals surface area (Å²) in [5.41, 5.74) is 9.86. The third kappa shape index (κ3) is 6.08. The predicted molar refractivity (Wildman–Crippen MR) is 240 cm³/mol. The number of fused-ring (bicyclic) bond motifs is 6. The Kier molecular flexibility index (Phi) is 8.30. The van der Waals surface area contributed by atoms with E-state index in [2.05, 4.69) is 109 Å². The lowest BCUT2D eigenvalue weighted by molar-refractivity contribution is 0.628. The second-order valence-corrected chi connectivity index (χ2v) is 14.7. The fourth-order valence-electron chi connectivity index (χ4n) is 8.39. The smallest absolute Gasteiger partial charge is 0.164 e. The van der Waals surface area contributed by atoms with Gasteiger partial charge in [-0.1, -0.05) is 164 Å². The van der Waals surface area contributed by atoms with E-state index in [0.29, 0.717) is 17.5 Å². The molecule has 59 heavy (non-hydrogen) atoms. The van der Waals surface area contributed by atoms with E-state index in [-0.39, 0.29) is 5.82 Å². The first-order valence-corrected chi connectivity index (χ1v) is 19.7. The van der Waals surface area contributed by atoms with Gasteiger partial charge in [-0.2, -0.15) is 0 Å². The van der Waals surface area contributed by atoms with Gasteiger partial charge in [0.1, 0.15) is 5.82 Å². The van der Waals surface area contributed by atoms with Crippen LogP contribution in [0.3, 0.4) is 0 Å². The molecule has 9 aromatic carbocycles. The summed E-state index contributed by atoms with van der Waals surface area (Å²) >= 11 is 0. The standard InChI is InChI=1S/C54H33FN4/c55-39-29-27-35(28-30-39)51-48-33-47(43-19-9-10-20-45(43)50(48)46-21-11-12-22-49(46)56-51)44-32-31-40(41-17-7-8-18-42(41)44)34-23-25-38(26-24-34)54-58-52(36-13-3-1-4-14-36)57-53(59-54)37-15-5-2-6-16-37/h1-33H. The number of rotatable bonds is 6. The van der Waals surface area contributed by atoms with E-state index < -0.39 is 0 Å². The quantitative estimate of drug-likeness (QED) is 0.159. The van der Waals surface area contributed by atoms with Gasteiger partial charge >= 0.3 is 0 Å². The highest BCUT2D eigenvalue weighted by molar-refractivity contribution is 6.26. The molecule has 0 aliphatic rings. The minimum Gasteiger partial charge on any atom is -0.247 e. The van der Waals surface area contributed by atoms with Gasteiger partial charge in [0, 0.05) is 38.4 Å². The van der Waals surface area contributed by atoms with Crippen LogP contribution in [0.1, 0.15) is 0 Å². The SMILES string of the molecule is Fc1ccc(-c2nc3ccccc3c3c2cc(-c2ccc(-c4ccc(-c5nc(-c6ccccc6)nc(-c6ccccc6)n5)cc4)c4ccccc24)c2ccccc23)cc1. The molecule has 0 bridgehead atoms. The molecule has 0 fully saturated rings. The van der Waals surface area contributed by atoms with E-state index in [1.807, 2.05) is 78.9 Å². The Morgan fingerprint density at radius 3 is 1.34 bits per heavy atom. The van der Waals surface area contributed by atoms with E-state index in [9.17, 15) is 4.39 Å². The monoisotopic (exact) mass is 756 g/mol. The zero-order valence-electron chi connectivity index (χ0n) is 31.7. The molecule has 5 heteroatoms. The third-order valence-electron chi connectivity index (χ3n) is 11.2. The summed E-state index contributed by atoms with van der Waals surface area (Å²) in [5.74, 6) is 1.62. The first-order valence-electron chi connectivity index (χ1n) is 19.7. The first-order chi connectivity index (χ1) is 29.2. The second-order valence-electron chi connectivity index (χ2n) is 14.7. The van der Waals surface area contributed by atoms with Crippen LogP contribution >= 0.6 is 0 Å². The molecule has 0 aliphatic heterocycles. The highest BCUT2D eigenvalue weighted by atomic mass is 19.1. The lowest BCUT2D eigenvalue weighted by Gasteiger charge is -2.18. The van der Waals surface area contributed by atoms with Crippen molar-refractivity contribution in [3.05, 3.63) is 206 Å². The molecule has 0 spiro atoms. The Morgan fingerprint density at radius 2 is 0.729 bits per heavy atom. The zero-order chi connectivity index (χ0) is 39.3. The number of aromatic nitrogens is 4.